The third-order valence-electron chi connectivity index (χ3n) is 5.64. The molecule has 0 unspecified atom stereocenters. The topological polar surface area (TPSA) is 93.5 Å². The minimum absolute atomic E-state index is 0.00936. The van der Waals surface area contributed by atoms with Crippen LogP contribution in [0.1, 0.15) is 42.4 Å². The summed E-state index contributed by atoms with van der Waals surface area (Å²) in [4.78, 5) is 40.6. The fourth-order valence-corrected chi connectivity index (χ4v) is 4.10. The van der Waals surface area contributed by atoms with Gasteiger partial charge >= 0.3 is 6.09 Å². The van der Waals surface area contributed by atoms with E-state index in [2.05, 4.69) is 10.4 Å². The summed E-state index contributed by atoms with van der Waals surface area (Å²) in [7, 11) is 0. The Hall–Kier alpha value is -4.17. The summed E-state index contributed by atoms with van der Waals surface area (Å²) >= 11 is 6.28. The molecule has 0 aliphatic rings. The van der Waals surface area contributed by atoms with Crippen LogP contribution in [0, 0.1) is 0 Å². The average Bonchev–Trinajstić information content (AvgIpc) is 2.88. The maximum atomic E-state index is 13.5. The number of hydrogen-bond acceptors (Lipinski definition) is 5. The maximum Gasteiger partial charge on any atom is 0.409 e. The van der Waals surface area contributed by atoms with E-state index in [0.29, 0.717) is 27.1 Å². The van der Waals surface area contributed by atoms with Crippen LogP contribution in [0.25, 0.3) is 10.8 Å². The number of aromatic nitrogens is 2. The number of nitrogens with one attached hydrogen (secondary N) is 1. The van der Waals surface area contributed by atoms with E-state index < -0.39 is 11.7 Å². The number of alkyl carbamates (subject to hydrolysis) is 1. The first kappa shape index (κ1) is 26.9. The lowest BCUT2D eigenvalue weighted by Crippen LogP contribution is -2.43. The van der Waals surface area contributed by atoms with Crippen LogP contribution in [0.4, 0.5) is 4.79 Å². The smallest absolute Gasteiger partial charge is 0.409 e. The zero-order valence-electron chi connectivity index (χ0n) is 21.5. The van der Waals surface area contributed by atoms with Crippen molar-refractivity contribution in [3.8, 4) is 0 Å². The predicted octanol–water partition coefficient (Wildman–Crippen LogP) is 5.22. The molecule has 196 valence electrons. The van der Waals surface area contributed by atoms with Crippen LogP contribution >= 0.6 is 11.6 Å². The van der Waals surface area contributed by atoms with Crippen LogP contribution in [0.15, 0.2) is 83.7 Å². The molecule has 9 heteroatoms. The van der Waals surface area contributed by atoms with Crippen LogP contribution in [0.5, 0.6) is 0 Å². The molecule has 0 spiro atoms. The standard InChI is InChI=1S/C29H29ClN4O4/c1-29(2,3)38-28(37)31-19-33(26(35)21-12-8-5-9-13-21)18-25-24-16-22(30)14-15-23(24)27(36)34(32-25)17-20-10-6-4-7-11-20/h4-16H,17-19H2,1-3H3,(H,31,37). The summed E-state index contributed by atoms with van der Waals surface area (Å²) in [6, 6.07) is 23.2. The van der Waals surface area contributed by atoms with Crippen molar-refractivity contribution in [2.75, 3.05) is 6.67 Å². The molecule has 4 rings (SSSR count). The van der Waals surface area contributed by atoms with Gasteiger partial charge in [-0.3, -0.25) is 9.59 Å². The monoisotopic (exact) mass is 532 g/mol. The minimum atomic E-state index is -0.695. The van der Waals surface area contributed by atoms with E-state index in [9.17, 15) is 14.4 Å². The number of carbonyl (C=O) groups excluding carboxylic acids is 2. The minimum Gasteiger partial charge on any atom is -0.444 e. The number of rotatable bonds is 7. The lowest BCUT2D eigenvalue weighted by atomic mass is 10.1. The third kappa shape index (κ3) is 6.77. The molecule has 0 atom stereocenters. The van der Waals surface area contributed by atoms with Crippen LogP contribution < -0.4 is 10.9 Å². The molecular weight excluding hydrogens is 504 g/mol. The van der Waals surface area contributed by atoms with E-state index >= 15 is 0 Å². The van der Waals surface area contributed by atoms with Gasteiger partial charge in [-0.2, -0.15) is 5.10 Å². The lowest BCUT2D eigenvalue weighted by Gasteiger charge is -2.25. The van der Waals surface area contributed by atoms with E-state index in [0.717, 1.165) is 5.56 Å². The first-order chi connectivity index (χ1) is 18.1. The van der Waals surface area contributed by atoms with Crippen molar-refractivity contribution < 1.29 is 14.3 Å². The van der Waals surface area contributed by atoms with Gasteiger partial charge in [0, 0.05) is 16.0 Å². The Morgan fingerprint density at radius 2 is 1.63 bits per heavy atom. The van der Waals surface area contributed by atoms with Crippen LogP contribution in [-0.4, -0.2) is 39.0 Å². The molecule has 0 bridgehead atoms. The average molecular weight is 533 g/mol. The molecule has 0 fully saturated rings. The number of carbonyl (C=O) groups is 2. The van der Waals surface area contributed by atoms with Gasteiger partial charge in [0.15, 0.2) is 0 Å². The highest BCUT2D eigenvalue weighted by Gasteiger charge is 2.22. The van der Waals surface area contributed by atoms with Crippen molar-refractivity contribution in [3.63, 3.8) is 0 Å². The summed E-state index contributed by atoms with van der Waals surface area (Å²) in [5, 5.41) is 8.71. The van der Waals surface area contributed by atoms with Crippen molar-refractivity contribution in [1.29, 1.82) is 0 Å². The van der Waals surface area contributed by atoms with Crippen LogP contribution in [0.2, 0.25) is 5.02 Å². The molecule has 8 nitrogen and oxygen atoms in total. The van der Waals surface area contributed by atoms with Crippen molar-refractivity contribution in [1.82, 2.24) is 20.0 Å². The van der Waals surface area contributed by atoms with E-state index in [1.54, 1.807) is 63.2 Å². The highest BCUT2D eigenvalue weighted by Crippen LogP contribution is 2.21. The first-order valence-electron chi connectivity index (χ1n) is 12.1. The van der Waals surface area contributed by atoms with Crippen molar-refractivity contribution >= 4 is 34.4 Å². The second-order valence-electron chi connectivity index (χ2n) is 9.79. The fraction of sp³-hybridized carbons (Fsp3) is 0.241. The Labute approximate surface area is 225 Å². The van der Waals surface area contributed by atoms with Gasteiger partial charge in [0.2, 0.25) is 0 Å². The number of hydrogen-bond donors (Lipinski definition) is 1. The van der Waals surface area contributed by atoms with Crippen LogP contribution in [-0.2, 0) is 17.8 Å². The van der Waals surface area contributed by atoms with Crippen LogP contribution in [0.3, 0.4) is 0 Å². The van der Waals surface area contributed by atoms with Gasteiger partial charge in [-0.15, -0.1) is 0 Å². The Morgan fingerprint density at radius 1 is 0.974 bits per heavy atom. The van der Waals surface area contributed by atoms with E-state index in [-0.39, 0.29) is 31.2 Å². The summed E-state index contributed by atoms with van der Waals surface area (Å²) in [6.07, 6.45) is -0.654. The zero-order chi connectivity index (χ0) is 27.3. The summed E-state index contributed by atoms with van der Waals surface area (Å²) in [6.45, 7) is 5.41. The van der Waals surface area contributed by atoms with Crippen molar-refractivity contribution in [2.45, 2.75) is 39.5 Å². The molecule has 0 aliphatic heterocycles. The first-order valence-corrected chi connectivity index (χ1v) is 12.5. The van der Waals surface area contributed by atoms with E-state index in [1.807, 2.05) is 36.4 Å². The number of amides is 2. The number of ether oxygens (including phenoxy) is 1. The Bertz CT molecular complexity index is 1500. The molecule has 4 aromatic rings. The third-order valence-corrected chi connectivity index (χ3v) is 5.87. The highest BCUT2D eigenvalue weighted by atomic mass is 35.5. The van der Waals surface area contributed by atoms with Gasteiger partial charge in [-0.1, -0.05) is 60.1 Å². The summed E-state index contributed by atoms with van der Waals surface area (Å²) < 4.78 is 6.73. The number of halogens is 1. The van der Waals surface area contributed by atoms with Gasteiger partial charge in [0.25, 0.3) is 11.5 Å². The largest absolute Gasteiger partial charge is 0.444 e. The van der Waals surface area contributed by atoms with Crippen molar-refractivity contribution in [2.24, 2.45) is 0 Å². The molecule has 0 saturated heterocycles. The lowest BCUT2D eigenvalue weighted by molar-refractivity contribution is 0.0474. The molecule has 0 radical (unpaired) electrons. The molecule has 1 heterocycles. The zero-order valence-corrected chi connectivity index (χ0v) is 22.2. The number of benzene rings is 3. The Balaban J connectivity index is 1.73. The maximum absolute atomic E-state index is 13.5. The Morgan fingerprint density at radius 3 is 2.29 bits per heavy atom. The summed E-state index contributed by atoms with van der Waals surface area (Å²) in [5.74, 6) is -0.320. The molecule has 0 aliphatic carbocycles. The van der Waals surface area contributed by atoms with Gasteiger partial charge < -0.3 is 15.0 Å². The second-order valence-corrected chi connectivity index (χ2v) is 10.2. The molecule has 2 amide bonds. The van der Waals surface area contributed by atoms with Gasteiger partial charge in [0.1, 0.15) is 5.60 Å². The quantitative estimate of drug-likeness (QED) is 0.329. The number of nitrogens with zero attached hydrogens (tertiary/aromatic N) is 3. The second kappa shape index (κ2) is 11.5. The predicted molar refractivity (Wildman–Crippen MR) is 147 cm³/mol. The highest BCUT2D eigenvalue weighted by molar-refractivity contribution is 6.31. The fourth-order valence-electron chi connectivity index (χ4n) is 3.92. The van der Waals surface area contributed by atoms with E-state index in [4.69, 9.17) is 16.3 Å². The van der Waals surface area contributed by atoms with Gasteiger partial charge in [-0.05, 0) is 56.7 Å². The molecule has 38 heavy (non-hydrogen) atoms. The molecule has 1 N–H and O–H groups in total. The van der Waals surface area contributed by atoms with E-state index in [1.165, 1.54) is 9.58 Å². The Kier molecular flexibility index (Phi) is 8.12. The van der Waals surface area contributed by atoms with Gasteiger partial charge in [-0.25, -0.2) is 9.48 Å². The molecule has 3 aromatic carbocycles. The molecule has 1 aromatic heterocycles. The molecular formula is C29H29ClN4O4. The van der Waals surface area contributed by atoms with Crippen molar-refractivity contribution in [3.05, 3.63) is 111 Å². The SMILES string of the molecule is CC(C)(C)OC(=O)NCN(Cc1nn(Cc2ccccc2)c(=O)c2ccc(Cl)cc12)C(=O)c1ccccc1. The number of fused-ring (bicyclic) bond motifs is 1. The normalized spacial score (nSPS) is 11.3. The molecule has 0 saturated carbocycles. The summed E-state index contributed by atoms with van der Waals surface area (Å²) in [5.41, 5.74) is 0.855. The van der Waals surface area contributed by atoms with Gasteiger partial charge in [0.05, 0.1) is 30.8 Å².